The molecule has 0 aliphatic heterocycles. The van der Waals surface area contributed by atoms with Gasteiger partial charge in [0.25, 0.3) is 0 Å². The average Bonchev–Trinajstić information content (AvgIpc) is 2.82. The van der Waals surface area contributed by atoms with E-state index in [0.717, 1.165) is 0 Å². The fraction of sp³-hybridized carbons (Fsp3) is 0.176. The number of hydrogen-bond donors (Lipinski definition) is 1. The Morgan fingerprint density at radius 3 is 2.39 bits per heavy atom. The van der Waals surface area contributed by atoms with Crippen molar-refractivity contribution < 1.29 is 0 Å². The standard InChI is InChI=1S/C17H17N/c1-12(2)14-8-9-16-15(10-14)11-17(18-16)13-6-4-3-5-7-13/h3-12,18H,1-2H3. The van der Waals surface area contributed by atoms with Crippen LogP contribution in [-0.4, -0.2) is 4.98 Å². The van der Waals surface area contributed by atoms with Crippen LogP contribution in [-0.2, 0) is 0 Å². The van der Waals surface area contributed by atoms with Gasteiger partial charge in [-0.25, -0.2) is 0 Å². The molecule has 0 unspecified atom stereocenters. The zero-order valence-corrected chi connectivity index (χ0v) is 10.8. The van der Waals surface area contributed by atoms with E-state index in [0.29, 0.717) is 5.92 Å². The molecule has 1 N–H and O–H groups in total. The van der Waals surface area contributed by atoms with Gasteiger partial charge in [-0.2, -0.15) is 0 Å². The second-order valence-corrected chi connectivity index (χ2v) is 5.05. The van der Waals surface area contributed by atoms with Crippen molar-refractivity contribution in [2.24, 2.45) is 0 Å². The van der Waals surface area contributed by atoms with Crippen molar-refractivity contribution in [2.75, 3.05) is 0 Å². The lowest BCUT2D eigenvalue weighted by molar-refractivity contribution is 0.869. The second kappa shape index (κ2) is 4.34. The van der Waals surface area contributed by atoms with Gasteiger partial charge in [0.1, 0.15) is 0 Å². The van der Waals surface area contributed by atoms with E-state index in [1.54, 1.807) is 0 Å². The van der Waals surface area contributed by atoms with Gasteiger partial charge in [-0.1, -0.05) is 50.2 Å². The molecule has 1 aromatic heterocycles. The zero-order valence-electron chi connectivity index (χ0n) is 10.8. The molecule has 0 amide bonds. The van der Waals surface area contributed by atoms with E-state index in [-0.39, 0.29) is 0 Å². The molecular formula is C17H17N. The van der Waals surface area contributed by atoms with Gasteiger partial charge in [-0.05, 0) is 35.2 Å². The van der Waals surface area contributed by atoms with Crippen LogP contribution in [0.4, 0.5) is 0 Å². The Morgan fingerprint density at radius 1 is 0.889 bits per heavy atom. The molecular weight excluding hydrogens is 218 g/mol. The molecule has 0 aliphatic rings. The molecule has 0 bridgehead atoms. The third kappa shape index (κ3) is 1.92. The van der Waals surface area contributed by atoms with Crippen molar-refractivity contribution in [2.45, 2.75) is 19.8 Å². The summed E-state index contributed by atoms with van der Waals surface area (Å²) in [6, 6.07) is 19.3. The van der Waals surface area contributed by atoms with E-state index in [4.69, 9.17) is 0 Å². The maximum Gasteiger partial charge on any atom is 0.0464 e. The normalized spacial score (nSPS) is 11.3. The SMILES string of the molecule is CC(C)c1ccc2[nH]c(-c3ccccc3)cc2c1. The lowest BCUT2D eigenvalue weighted by atomic mass is 10.0. The lowest BCUT2D eigenvalue weighted by Crippen LogP contribution is -1.85. The quantitative estimate of drug-likeness (QED) is 0.646. The smallest absolute Gasteiger partial charge is 0.0464 e. The zero-order chi connectivity index (χ0) is 12.5. The molecule has 2 aromatic carbocycles. The number of nitrogens with one attached hydrogen (secondary N) is 1. The molecule has 0 aliphatic carbocycles. The largest absolute Gasteiger partial charge is 0.355 e. The van der Waals surface area contributed by atoms with Crippen LogP contribution < -0.4 is 0 Å². The molecule has 1 heteroatoms. The van der Waals surface area contributed by atoms with Gasteiger partial charge in [-0.15, -0.1) is 0 Å². The summed E-state index contributed by atoms with van der Waals surface area (Å²) in [5, 5.41) is 1.29. The second-order valence-electron chi connectivity index (χ2n) is 5.05. The minimum absolute atomic E-state index is 0.574. The van der Waals surface area contributed by atoms with Crippen LogP contribution in [0.3, 0.4) is 0 Å². The van der Waals surface area contributed by atoms with Gasteiger partial charge in [-0.3, -0.25) is 0 Å². The van der Waals surface area contributed by atoms with Crippen LogP contribution >= 0.6 is 0 Å². The monoisotopic (exact) mass is 235 g/mol. The first-order chi connectivity index (χ1) is 8.74. The summed E-state index contributed by atoms with van der Waals surface area (Å²) in [5.74, 6) is 0.574. The van der Waals surface area contributed by atoms with Crippen LogP contribution in [0.15, 0.2) is 54.6 Å². The third-order valence-electron chi connectivity index (χ3n) is 3.40. The maximum absolute atomic E-state index is 3.48. The molecule has 1 heterocycles. The number of aromatic nitrogens is 1. The van der Waals surface area contributed by atoms with E-state index >= 15 is 0 Å². The maximum atomic E-state index is 3.48. The van der Waals surface area contributed by atoms with Gasteiger partial charge >= 0.3 is 0 Å². The average molecular weight is 235 g/mol. The van der Waals surface area contributed by atoms with Crippen LogP contribution in [0.2, 0.25) is 0 Å². The minimum atomic E-state index is 0.574. The summed E-state index contributed by atoms with van der Waals surface area (Å²) < 4.78 is 0. The van der Waals surface area contributed by atoms with Gasteiger partial charge in [0.05, 0.1) is 0 Å². The van der Waals surface area contributed by atoms with E-state index in [1.807, 2.05) is 6.07 Å². The van der Waals surface area contributed by atoms with Gasteiger partial charge < -0.3 is 4.98 Å². The van der Waals surface area contributed by atoms with Crippen molar-refractivity contribution >= 4 is 10.9 Å². The molecule has 0 atom stereocenters. The number of benzene rings is 2. The molecule has 0 saturated heterocycles. The number of hydrogen-bond acceptors (Lipinski definition) is 0. The van der Waals surface area contributed by atoms with Gasteiger partial charge in [0.2, 0.25) is 0 Å². The highest BCUT2D eigenvalue weighted by Crippen LogP contribution is 2.26. The first kappa shape index (κ1) is 11.1. The Bertz CT molecular complexity index is 662. The van der Waals surface area contributed by atoms with Crippen LogP contribution in [0.1, 0.15) is 25.3 Å². The van der Waals surface area contributed by atoms with E-state index in [2.05, 4.69) is 67.4 Å². The third-order valence-corrected chi connectivity index (χ3v) is 3.40. The molecule has 0 radical (unpaired) electrons. The Hall–Kier alpha value is -2.02. The van der Waals surface area contributed by atoms with Crippen molar-refractivity contribution in [3.05, 3.63) is 60.2 Å². The molecule has 0 saturated carbocycles. The summed E-state index contributed by atoms with van der Waals surface area (Å²) in [4.78, 5) is 3.48. The van der Waals surface area contributed by atoms with E-state index in [9.17, 15) is 0 Å². The number of aromatic amines is 1. The molecule has 90 valence electrons. The first-order valence-corrected chi connectivity index (χ1v) is 6.42. The summed E-state index contributed by atoms with van der Waals surface area (Å²) in [5.41, 5.74) is 5.02. The van der Waals surface area contributed by atoms with E-state index < -0.39 is 0 Å². The highest BCUT2D eigenvalue weighted by Gasteiger charge is 2.05. The molecule has 18 heavy (non-hydrogen) atoms. The molecule has 0 spiro atoms. The molecule has 3 rings (SSSR count). The highest BCUT2D eigenvalue weighted by molar-refractivity contribution is 5.86. The van der Waals surface area contributed by atoms with Crippen molar-refractivity contribution in [1.82, 2.24) is 4.98 Å². The Kier molecular flexibility index (Phi) is 2.67. The van der Waals surface area contributed by atoms with Crippen molar-refractivity contribution in [3.8, 4) is 11.3 Å². The predicted molar refractivity (Wildman–Crippen MR) is 77.8 cm³/mol. The fourth-order valence-electron chi connectivity index (χ4n) is 2.28. The molecule has 3 aromatic rings. The Morgan fingerprint density at radius 2 is 1.67 bits per heavy atom. The van der Waals surface area contributed by atoms with Crippen molar-refractivity contribution in [1.29, 1.82) is 0 Å². The summed E-state index contributed by atoms with van der Waals surface area (Å²) in [6.07, 6.45) is 0. The summed E-state index contributed by atoms with van der Waals surface area (Å²) in [7, 11) is 0. The topological polar surface area (TPSA) is 15.8 Å². The Balaban J connectivity index is 2.11. The first-order valence-electron chi connectivity index (χ1n) is 6.42. The van der Waals surface area contributed by atoms with E-state index in [1.165, 1.54) is 27.7 Å². The number of fused-ring (bicyclic) bond motifs is 1. The predicted octanol–water partition coefficient (Wildman–Crippen LogP) is 4.96. The molecule has 0 fully saturated rings. The van der Waals surface area contributed by atoms with Crippen LogP contribution in [0, 0.1) is 0 Å². The summed E-state index contributed by atoms with van der Waals surface area (Å²) >= 11 is 0. The summed E-state index contributed by atoms with van der Waals surface area (Å²) in [6.45, 7) is 4.46. The highest BCUT2D eigenvalue weighted by atomic mass is 14.7. The van der Waals surface area contributed by atoms with Crippen LogP contribution in [0.5, 0.6) is 0 Å². The lowest BCUT2D eigenvalue weighted by Gasteiger charge is -2.03. The molecule has 1 nitrogen and oxygen atoms in total. The number of H-pyrrole nitrogens is 1. The van der Waals surface area contributed by atoms with Gasteiger partial charge in [0, 0.05) is 16.6 Å². The van der Waals surface area contributed by atoms with Gasteiger partial charge in [0.15, 0.2) is 0 Å². The Labute approximate surface area is 107 Å². The van der Waals surface area contributed by atoms with Crippen molar-refractivity contribution in [3.63, 3.8) is 0 Å². The fourth-order valence-corrected chi connectivity index (χ4v) is 2.28. The number of rotatable bonds is 2. The van der Waals surface area contributed by atoms with Crippen LogP contribution in [0.25, 0.3) is 22.2 Å². The minimum Gasteiger partial charge on any atom is -0.355 e.